The number of non-ortho nitro benzene ring substituents is 1. The number of nitro benzene ring substituents is 1. The summed E-state index contributed by atoms with van der Waals surface area (Å²) < 4.78 is 9.53. The first-order valence-electron chi connectivity index (χ1n) is 8.38. The van der Waals surface area contributed by atoms with E-state index in [0.29, 0.717) is 16.5 Å². The molecule has 0 aliphatic carbocycles. The fourth-order valence-corrected chi connectivity index (χ4v) is 2.76. The molecule has 3 rings (SSSR count). The molecule has 2 aromatic carbocycles. The number of ether oxygens (including phenoxy) is 2. The van der Waals surface area contributed by atoms with Gasteiger partial charge in [0.25, 0.3) is 5.69 Å². The van der Waals surface area contributed by atoms with Crippen LogP contribution in [0.5, 0.6) is 0 Å². The highest BCUT2D eigenvalue weighted by molar-refractivity contribution is 6.04. The molecule has 0 N–H and O–H groups in total. The average Bonchev–Trinajstić information content (AvgIpc) is 3.10. The first-order chi connectivity index (χ1) is 14.0. The minimum Gasteiger partial charge on any atom is -0.468 e. The number of hydrogen-bond acceptors (Lipinski definition) is 8. The van der Waals surface area contributed by atoms with Crippen LogP contribution in [0.15, 0.2) is 53.6 Å². The lowest BCUT2D eigenvalue weighted by atomic mass is 10.0. The van der Waals surface area contributed by atoms with Gasteiger partial charge in [0.1, 0.15) is 0 Å². The zero-order chi connectivity index (χ0) is 21.0. The molecule has 0 atom stereocenters. The monoisotopic (exact) mass is 396 g/mol. The number of nitro groups is 1. The lowest BCUT2D eigenvalue weighted by molar-refractivity contribution is -0.384. The van der Waals surface area contributed by atoms with E-state index in [4.69, 9.17) is 9.47 Å². The highest BCUT2D eigenvalue weighted by Gasteiger charge is 2.36. The minimum absolute atomic E-state index is 0.0517. The van der Waals surface area contributed by atoms with Crippen molar-refractivity contribution in [1.29, 1.82) is 0 Å². The Kier molecular flexibility index (Phi) is 5.63. The number of benzene rings is 2. The summed E-state index contributed by atoms with van der Waals surface area (Å²) in [5, 5.41) is 19.9. The number of aromatic nitrogens is 2. The van der Waals surface area contributed by atoms with Crippen LogP contribution in [-0.4, -0.2) is 47.2 Å². The van der Waals surface area contributed by atoms with Crippen LogP contribution in [-0.2, 0) is 19.1 Å². The molecule has 29 heavy (non-hydrogen) atoms. The minimum atomic E-state index is -1.38. The van der Waals surface area contributed by atoms with Gasteiger partial charge in [-0.1, -0.05) is 18.2 Å². The van der Waals surface area contributed by atoms with Gasteiger partial charge in [0.2, 0.25) is 0 Å². The van der Waals surface area contributed by atoms with E-state index >= 15 is 0 Å². The maximum Gasteiger partial charge on any atom is 0.326 e. The summed E-state index contributed by atoms with van der Waals surface area (Å²) >= 11 is 0. The molecule has 0 aliphatic rings. The molecule has 0 saturated heterocycles. The second-order valence-electron chi connectivity index (χ2n) is 5.86. The maximum absolute atomic E-state index is 12.3. The molecule has 0 bridgehead atoms. The summed E-state index contributed by atoms with van der Waals surface area (Å²) in [7, 11) is 2.34. The second-order valence-corrected chi connectivity index (χ2v) is 5.86. The highest BCUT2D eigenvalue weighted by Crippen LogP contribution is 2.28. The first-order valence-corrected chi connectivity index (χ1v) is 8.38. The predicted molar refractivity (Wildman–Crippen MR) is 103 cm³/mol. The van der Waals surface area contributed by atoms with E-state index in [0.717, 1.165) is 4.79 Å². The van der Waals surface area contributed by atoms with Gasteiger partial charge in [-0.3, -0.25) is 19.7 Å². The molecule has 0 unspecified atom stereocenters. The van der Waals surface area contributed by atoms with Crippen LogP contribution < -0.4 is 0 Å². The molecule has 10 nitrogen and oxygen atoms in total. The molecule has 0 spiro atoms. The van der Waals surface area contributed by atoms with Crippen molar-refractivity contribution in [3.8, 4) is 0 Å². The van der Waals surface area contributed by atoms with Crippen LogP contribution >= 0.6 is 0 Å². The third-order valence-electron chi connectivity index (χ3n) is 4.17. The van der Waals surface area contributed by atoms with Gasteiger partial charge in [0.15, 0.2) is 5.92 Å². The Bertz CT molecular complexity index is 1090. The van der Waals surface area contributed by atoms with Gasteiger partial charge in [-0.25, -0.2) is 0 Å². The SMILES string of the molecule is COC(=O)C(C(=O)OC)c1c2ccccc2nn1N=Cc1ccc([N+](=O)[O-])cc1. The summed E-state index contributed by atoms with van der Waals surface area (Å²) in [5.74, 6) is -3.00. The van der Waals surface area contributed by atoms with Crippen LogP contribution in [0.3, 0.4) is 0 Å². The van der Waals surface area contributed by atoms with Gasteiger partial charge < -0.3 is 9.47 Å². The number of nitrogens with zero attached hydrogens (tertiary/aromatic N) is 4. The zero-order valence-electron chi connectivity index (χ0n) is 15.5. The van der Waals surface area contributed by atoms with E-state index in [1.165, 1.54) is 44.7 Å². The van der Waals surface area contributed by atoms with Crippen molar-refractivity contribution in [3.63, 3.8) is 0 Å². The average molecular weight is 396 g/mol. The molecule has 0 amide bonds. The third kappa shape index (κ3) is 3.95. The summed E-state index contributed by atoms with van der Waals surface area (Å²) in [6, 6.07) is 12.6. The summed E-state index contributed by atoms with van der Waals surface area (Å²) in [4.78, 5) is 36.0. The molecule has 148 valence electrons. The van der Waals surface area contributed by atoms with Crippen molar-refractivity contribution in [1.82, 2.24) is 9.89 Å². The normalized spacial score (nSPS) is 11.1. The predicted octanol–water partition coefficient (Wildman–Crippen LogP) is 2.26. The number of esters is 2. The third-order valence-corrected chi connectivity index (χ3v) is 4.17. The zero-order valence-corrected chi connectivity index (χ0v) is 15.5. The largest absolute Gasteiger partial charge is 0.468 e. The molecular formula is C19H16N4O6. The maximum atomic E-state index is 12.3. The Morgan fingerprint density at radius 3 is 2.31 bits per heavy atom. The molecule has 0 fully saturated rings. The quantitative estimate of drug-likeness (QED) is 0.206. The topological polar surface area (TPSA) is 126 Å². The molecule has 1 heterocycles. The Balaban J connectivity index is 2.10. The van der Waals surface area contributed by atoms with Gasteiger partial charge in [-0.2, -0.15) is 15.0 Å². The number of fused-ring (bicyclic) bond motifs is 1. The van der Waals surface area contributed by atoms with Gasteiger partial charge in [0.05, 0.1) is 36.6 Å². The van der Waals surface area contributed by atoms with Gasteiger partial charge >= 0.3 is 11.9 Å². The van der Waals surface area contributed by atoms with E-state index < -0.39 is 22.8 Å². The number of hydrogen-bond donors (Lipinski definition) is 0. The lowest BCUT2D eigenvalue weighted by Gasteiger charge is -2.13. The molecule has 0 radical (unpaired) electrons. The molecule has 3 aromatic rings. The van der Waals surface area contributed by atoms with Crippen LogP contribution in [0, 0.1) is 10.1 Å². The van der Waals surface area contributed by atoms with Crippen molar-refractivity contribution in [2.24, 2.45) is 5.10 Å². The van der Waals surface area contributed by atoms with Crippen molar-refractivity contribution < 1.29 is 24.0 Å². The van der Waals surface area contributed by atoms with E-state index in [2.05, 4.69) is 10.2 Å². The number of rotatable bonds is 6. The fraction of sp³-hybridized carbons (Fsp3) is 0.158. The number of methoxy groups -OCH3 is 2. The standard InChI is InChI=1S/C19H16N4O6/c1-28-18(24)16(19(25)29-2)17-14-5-3-4-6-15(14)21-22(17)20-11-12-7-9-13(10-8-12)23(26)27/h3-11,16H,1-2H3. The second kappa shape index (κ2) is 8.30. The Morgan fingerprint density at radius 1 is 1.10 bits per heavy atom. The van der Waals surface area contributed by atoms with E-state index in [1.807, 2.05) is 0 Å². The van der Waals surface area contributed by atoms with Crippen LogP contribution in [0.25, 0.3) is 10.9 Å². The highest BCUT2D eigenvalue weighted by atomic mass is 16.6. The van der Waals surface area contributed by atoms with Crippen molar-refractivity contribution >= 4 is 34.7 Å². The Morgan fingerprint density at radius 2 is 1.72 bits per heavy atom. The Hall–Kier alpha value is -4.08. The molecule has 0 aliphatic heterocycles. The first kappa shape index (κ1) is 19.7. The summed E-state index contributed by atoms with van der Waals surface area (Å²) in [6.07, 6.45) is 1.41. The van der Waals surface area contributed by atoms with Crippen molar-refractivity contribution in [2.45, 2.75) is 5.92 Å². The summed E-state index contributed by atoms with van der Waals surface area (Å²) in [5.41, 5.74) is 1.22. The number of carbonyl (C=O) groups excluding carboxylic acids is 2. The van der Waals surface area contributed by atoms with Crippen LogP contribution in [0.4, 0.5) is 5.69 Å². The number of carbonyl (C=O) groups is 2. The van der Waals surface area contributed by atoms with Crippen molar-refractivity contribution in [2.75, 3.05) is 14.2 Å². The molecule has 0 saturated carbocycles. The van der Waals surface area contributed by atoms with Gasteiger partial charge in [-0.05, 0) is 23.8 Å². The smallest absolute Gasteiger partial charge is 0.326 e. The van der Waals surface area contributed by atoms with Crippen molar-refractivity contribution in [3.05, 3.63) is 69.9 Å². The van der Waals surface area contributed by atoms with Gasteiger partial charge in [-0.15, -0.1) is 0 Å². The van der Waals surface area contributed by atoms with Crippen LogP contribution in [0.1, 0.15) is 17.2 Å². The summed E-state index contributed by atoms with van der Waals surface area (Å²) in [6.45, 7) is 0. The van der Waals surface area contributed by atoms with E-state index in [-0.39, 0.29) is 11.4 Å². The fourth-order valence-electron chi connectivity index (χ4n) is 2.76. The molecule has 1 aromatic heterocycles. The molecule has 10 heteroatoms. The Labute approximate surface area is 164 Å². The van der Waals surface area contributed by atoms with E-state index in [9.17, 15) is 19.7 Å². The molecular weight excluding hydrogens is 380 g/mol. The van der Waals surface area contributed by atoms with Gasteiger partial charge in [0, 0.05) is 17.5 Å². The van der Waals surface area contributed by atoms with Crippen LogP contribution in [0.2, 0.25) is 0 Å². The van der Waals surface area contributed by atoms with E-state index in [1.54, 1.807) is 24.3 Å². The lowest BCUT2D eigenvalue weighted by Crippen LogP contribution is -2.26.